The number of carbonyl (C=O) groups excluding carboxylic acids is 2. The van der Waals surface area contributed by atoms with Gasteiger partial charge in [0.05, 0.1) is 12.7 Å². The maximum Gasteiger partial charge on any atom is 0.337 e. The first kappa shape index (κ1) is 28.4. The van der Waals surface area contributed by atoms with Crippen LogP contribution in [0, 0.1) is 0 Å². The van der Waals surface area contributed by atoms with Crippen molar-refractivity contribution in [2.45, 2.75) is 26.2 Å². The van der Waals surface area contributed by atoms with Crippen LogP contribution in [-0.4, -0.2) is 38.6 Å². The van der Waals surface area contributed by atoms with Crippen molar-refractivity contribution in [2.75, 3.05) is 31.0 Å². The molecule has 7 nitrogen and oxygen atoms in total. The number of aldehydes is 1. The number of rotatable bonds is 6. The molecule has 0 radical (unpaired) electrons. The highest BCUT2D eigenvalue weighted by Crippen LogP contribution is 2.34. The smallest absolute Gasteiger partial charge is 0.337 e. The van der Waals surface area contributed by atoms with Crippen molar-refractivity contribution < 1.29 is 14.3 Å². The number of ether oxygens (including phenoxy) is 1. The Labute approximate surface area is 229 Å². The van der Waals surface area contributed by atoms with Crippen LogP contribution in [0.25, 0.3) is 5.57 Å². The van der Waals surface area contributed by atoms with Gasteiger partial charge in [-0.05, 0) is 92.0 Å². The van der Waals surface area contributed by atoms with Gasteiger partial charge in [-0.2, -0.15) is 0 Å². The monoisotopic (exact) mass is 530 g/mol. The largest absolute Gasteiger partial charge is 0.465 e. The molecule has 0 spiro atoms. The number of hydrogen-bond donors (Lipinski definition) is 2. The van der Waals surface area contributed by atoms with Gasteiger partial charge in [0.15, 0.2) is 11.4 Å². The number of benzene rings is 3. The molecule has 3 aromatic rings. The molecular weight excluding hydrogens is 496 g/mol. The lowest BCUT2D eigenvalue weighted by molar-refractivity contribution is -0.103. The summed E-state index contributed by atoms with van der Waals surface area (Å²) in [5.41, 5.74) is 19.6. The summed E-state index contributed by atoms with van der Waals surface area (Å²) < 4.78 is 4.58. The van der Waals surface area contributed by atoms with Crippen molar-refractivity contribution in [3.63, 3.8) is 0 Å². The summed E-state index contributed by atoms with van der Waals surface area (Å²) in [5, 5.41) is 0.279. The lowest BCUT2D eigenvalue weighted by atomic mass is 10.0. The van der Waals surface area contributed by atoms with Crippen molar-refractivity contribution in [2.24, 2.45) is 11.5 Å². The van der Waals surface area contributed by atoms with Crippen LogP contribution in [0.5, 0.6) is 0 Å². The van der Waals surface area contributed by atoms with Gasteiger partial charge >= 0.3 is 5.97 Å². The number of thiocarbonyl (C=S) groups is 1. The number of nitrogens with zero attached hydrogens (tertiary/aromatic N) is 2. The standard InChI is InChI=1S/C20H22N2O.C10H12N2O2S/c1-14(21)19(13-23)18-8-3-4-9-20(18)22(2)17-11-10-15-6-5-7-16(15)12-17;1-12(10(11)15)8-5-3-7(4-6-8)9(13)14-2/h3-4,8-13H,5-7,21H2,1-2H3;3-6H,1-2H3,(H2,11,15)/b19-14+;. The van der Waals surface area contributed by atoms with Crippen LogP contribution >= 0.6 is 12.2 Å². The summed E-state index contributed by atoms with van der Waals surface area (Å²) in [4.78, 5) is 26.4. The second-order valence-electron chi connectivity index (χ2n) is 9.03. The number of nitrogens with two attached hydrogens (primary N) is 2. The van der Waals surface area contributed by atoms with E-state index in [1.54, 1.807) is 43.1 Å². The van der Waals surface area contributed by atoms with Crippen LogP contribution < -0.4 is 21.3 Å². The molecule has 0 fully saturated rings. The van der Waals surface area contributed by atoms with E-state index in [1.165, 1.54) is 31.1 Å². The van der Waals surface area contributed by atoms with E-state index in [0.29, 0.717) is 16.8 Å². The van der Waals surface area contributed by atoms with E-state index >= 15 is 0 Å². The first-order chi connectivity index (χ1) is 18.2. The average molecular weight is 531 g/mol. The predicted molar refractivity (Wildman–Crippen MR) is 159 cm³/mol. The molecular formula is C30H34N4O3S. The number of esters is 1. The van der Waals surface area contributed by atoms with Gasteiger partial charge in [-0.25, -0.2) is 4.79 Å². The Bertz CT molecular complexity index is 1350. The molecule has 4 rings (SSSR count). The maximum absolute atomic E-state index is 11.5. The molecule has 0 heterocycles. The zero-order valence-electron chi connectivity index (χ0n) is 22.2. The summed E-state index contributed by atoms with van der Waals surface area (Å²) in [6.07, 6.45) is 4.41. The number of hydrogen-bond acceptors (Lipinski definition) is 6. The number of allylic oxidation sites excluding steroid dienone is 2. The molecule has 3 aromatic carbocycles. The topological polar surface area (TPSA) is 102 Å². The molecule has 1 aliphatic carbocycles. The first-order valence-corrected chi connectivity index (χ1v) is 12.7. The van der Waals surface area contributed by atoms with Gasteiger partial charge in [-0.1, -0.05) is 24.3 Å². The van der Waals surface area contributed by atoms with Gasteiger partial charge in [-0.15, -0.1) is 0 Å². The van der Waals surface area contributed by atoms with E-state index in [0.717, 1.165) is 35.3 Å². The fraction of sp³-hybridized carbons (Fsp3) is 0.233. The van der Waals surface area contributed by atoms with Gasteiger partial charge in [0, 0.05) is 48.0 Å². The van der Waals surface area contributed by atoms with E-state index in [2.05, 4.69) is 27.8 Å². The van der Waals surface area contributed by atoms with Crippen molar-refractivity contribution >= 4 is 52.2 Å². The molecule has 1 aliphatic rings. The summed E-state index contributed by atoms with van der Waals surface area (Å²) in [6.45, 7) is 1.76. The number of carbonyl (C=O) groups is 2. The number of aryl methyl sites for hydroxylation is 2. The highest BCUT2D eigenvalue weighted by Gasteiger charge is 2.16. The Balaban J connectivity index is 0.000000232. The number of methoxy groups -OCH3 is 1. The minimum Gasteiger partial charge on any atom is -0.465 e. The SMILES string of the molecule is C/C(N)=C(/C=O)c1ccccc1N(C)c1ccc2c(c1)CCC2.COC(=O)c1ccc(N(C)C(N)=S)cc1. The van der Waals surface area contributed by atoms with Crippen molar-refractivity contribution in [1.82, 2.24) is 0 Å². The maximum atomic E-state index is 11.5. The zero-order chi connectivity index (χ0) is 27.8. The molecule has 0 saturated heterocycles. The Morgan fingerprint density at radius 1 is 0.947 bits per heavy atom. The quantitative estimate of drug-likeness (QED) is 0.199. The molecule has 198 valence electrons. The van der Waals surface area contributed by atoms with Crippen LogP contribution in [0.4, 0.5) is 17.1 Å². The molecule has 4 N–H and O–H groups in total. The molecule has 0 bridgehead atoms. The molecule has 0 aromatic heterocycles. The fourth-order valence-corrected chi connectivity index (χ4v) is 4.44. The minimum absolute atomic E-state index is 0.279. The van der Waals surface area contributed by atoms with Gasteiger partial charge < -0.3 is 26.0 Å². The van der Waals surface area contributed by atoms with Gasteiger partial charge in [0.2, 0.25) is 0 Å². The molecule has 0 aliphatic heterocycles. The highest BCUT2D eigenvalue weighted by atomic mass is 32.1. The van der Waals surface area contributed by atoms with E-state index in [4.69, 9.17) is 23.7 Å². The summed E-state index contributed by atoms with van der Waals surface area (Å²) >= 11 is 4.82. The normalized spacial score (nSPS) is 12.3. The van der Waals surface area contributed by atoms with Crippen LogP contribution in [0.3, 0.4) is 0 Å². The Morgan fingerprint density at radius 3 is 2.18 bits per heavy atom. The number of para-hydroxylation sites is 1. The number of fused-ring (bicyclic) bond motifs is 1. The zero-order valence-corrected chi connectivity index (χ0v) is 23.0. The third-order valence-corrected chi connectivity index (χ3v) is 6.85. The van der Waals surface area contributed by atoms with E-state index in [-0.39, 0.29) is 11.1 Å². The molecule has 0 amide bonds. The average Bonchev–Trinajstić information content (AvgIpc) is 3.41. The third-order valence-electron chi connectivity index (χ3n) is 6.57. The highest BCUT2D eigenvalue weighted by molar-refractivity contribution is 7.80. The van der Waals surface area contributed by atoms with E-state index < -0.39 is 0 Å². The van der Waals surface area contributed by atoms with Crippen LogP contribution in [0.2, 0.25) is 0 Å². The molecule has 0 atom stereocenters. The van der Waals surface area contributed by atoms with Crippen LogP contribution in [-0.2, 0) is 22.4 Å². The van der Waals surface area contributed by atoms with E-state index in [1.807, 2.05) is 31.3 Å². The Morgan fingerprint density at radius 2 is 1.58 bits per heavy atom. The van der Waals surface area contributed by atoms with Crippen molar-refractivity contribution in [3.05, 3.63) is 94.7 Å². The summed E-state index contributed by atoms with van der Waals surface area (Å²) in [5.74, 6) is -0.362. The summed E-state index contributed by atoms with van der Waals surface area (Å²) in [6, 6.07) is 21.4. The Kier molecular flexibility index (Phi) is 9.62. The second kappa shape index (κ2) is 12.9. The number of anilines is 3. The minimum atomic E-state index is -0.362. The van der Waals surface area contributed by atoms with Crippen LogP contribution in [0.1, 0.15) is 40.4 Å². The summed E-state index contributed by atoms with van der Waals surface area (Å²) in [7, 11) is 5.14. The van der Waals surface area contributed by atoms with Gasteiger partial charge in [-0.3, -0.25) is 4.79 Å². The first-order valence-electron chi connectivity index (χ1n) is 12.3. The molecule has 0 unspecified atom stereocenters. The molecule has 0 saturated carbocycles. The van der Waals surface area contributed by atoms with E-state index in [9.17, 15) is 9.59 Å². The Hall–Kier alpha value is -4.17. The van der Waals surface area contributed by atoms with Gasteiger partial charge in [0.25, 0.3) is 0 Å². The molecule has 38 heavy (non-hydrogen) atoms. The van der Waals surface area contributed by atoms with Gasteiger partial charge in [0.1, 0.15) is 0 Å². The predicted octanol–water partition coefficient (Wildman–Crippen LogP) is 4.98. The lowest BCUT2D eigenvalue weighted by Gasteiger charge is -2.23. The molecule has 8 heteroatoms. The second-order valence-corrected chi connectivity index (χ2v) is 9.45. The lowest BCUT2D eigenvalue weighted by Crippen LogP contribution is -2.31. The fourth-order valence-electron chi connectivity index (χ4n) is 4.33. The van der Waals surface area contributed by atoms with Crippen LogP contribution in [0.15, 0.2) is 72.4 Å². The third kappa shape index (κ3) is 6.58. The van der Waals surface area contributed by atoms with Crippen molar-refractivity contribution in [3.8, 4) is 0 Å². The van der Waals surface area contributed by atoms with Crippen molar-refractivity contribution in [1.29, 1.82) is 0 Å².